The molecule has 0 atom stereocenters. The number of benzene rings is 1. The Kier molecular flexibility index (Phi) is 6.80. The molecule has 0 aliphatic carbocycles. The zero-order valence-corrected chi connectivity index (χ0v) is 15.3. The molecule has 0 fully saturated rings. The third-order valence-corrected chi connectivity index (χ3v) is 5.25. The third kappa shape index (κ3) is 5.90. The van der Waals surface area contributed by atoms with Gasteiger partial charge in [0, 0.05) is 21.9 Å². The summed E-state index contributed by atoms with van der Waals surface area (Å²) in [5, 5.41) is 1.51. The number of hydrogen-bond donors (Lipinski definition) is 1. The van der Waals surface area contributed by atoms with Crippen LogP contribution in [0.1, 0.15) is 26.7 Å². The van der Waals surface area contributed by atoms with Crippen molar-refractivity contribution in [1.82, 2.24) is 4.72 Å². The molecule has 0 spiro atoms. The second-order valence-electron chi connectivity index (χ2n) is 5.39. The zero-order chi connectivity index (χ0) is 15.4. The van der Waals surface area contributed by atoms with Crippen LogP contribution in [0.15, 0.2) is 23.1 Å². The monoisotopic (exact) mass is 401 g/mol. The predicted molar refractivity (Wildman–Crippen MR) is 88.5 cm³/mol. The highest BCUT2D eigenvalue weighted by molar-refractivity contribution is 9.09. The fourth-order valence-electron chi connectivity index (χ4n) is 1.69. The minimum atomic E-state index is -3.59. The number of nitrogens with one attached hydrogen (secondary N) is 1. The van der Waals surface area contributed by atoms with Crippen molar-refractivity contribution in [3.05, 3.63) is 28.2 Å². The molecule has 114 valence electrons. The van der Waals surface area contributed by atoms with E-state index >= 15 is 0 Å². The molecule has 0 saturated carbocycles. The van der Waals surface area contributed by atoms with E-state index in [-0.39, 0.29) is 10.3 Å². The van der Waals surface area contributed by atoms with E-state index in [0.29, 0.717) is 16.6 Å². The average Bonchev–Trinajstić information content (AvgIpc) is 2.33. The molecule has 0 radical (unpaired) electrons. The molecule has 0 amide bonds. The summed E-state index contributed by atoms with van der Waals surface area (Å²) in [4.78, 5) is 0.0892. The molecule has 0 unspecified atom stereocenters. The van der Waals surface area contributed by atoms with Gasteiger partial charge in [-0.15, -0.1) is 0 Å². The van der Waals surface area contributed by atoms with Crippen molar-refractivity contribution >= 4 is 49.2 Å². The van der Waals surface area contributed by atoms with E-state index in [1.807, 2.05) is 13.8 Å². The molecular formula is C13H18BrCl2NO2S. The Labute approximate surface area is 139 Å². The van der Waals surface area contributed by atoms with Gasteiger partial charge in [-0.2, -0.15) is 0 Å². The summed E-state index contributed by atoms with van der Waals surface area (Å²) in [5.74, 6) is 0. The van der Waals surface area contributed by atoms with Gasteiger partial charge < -0.3 is 0 Å². The van der Waals surface area contributed by atoms with Crippen LogP contribution in [0.25, 0.3) is 0 Å². The lowest BCUT2D eigenvalue weighted by Crippen LogP contribution is -2.34. The number of alkyl halides is 1. The molecule has 0 aliphatic rings. The fraction of sp³-hybridized carbons (Fsp3) is 0.538. The number of halogens is 3. The molecule has 0 aromatic heterocycles. The van der Waals surface area contributed by atoms with Crippen molar-refractivity contribution in [3.8, 4) is 0 Å². The molecule has 1 N–H and O–H groups in total. The van der Waals surface area contributed by atoms with Gasteiger partial charge in [-0.05, 0) is 36.5 Å². The maximum Gasteiger partial charge on any atom is 0.240 e. The lowest BCUT2D eigenvalue weighted by molar-refractivity contribution is 0.332. The Bertz CT molecular complexity index is 541. The summed E-state index contributed by atoms with van der Waals surface area (Å²) in [6, 6.07) is 4.28. The average molecular weight is 403 g/mol. The van der Waals surface area contributed by atoms with Gasteiger partial charge in [0.1, 0.15) is 0 Å². The summed E-state index contributed by atoms with van der Waals surface area (Å²) < 4.78 is 27.1. The Morgan fingerprint density at radius 2 is 1.75 bits per heavy atom. The minimum Gasteiger partial charge on any atom is -0.211 e. The largest absolute Gasteiger partial charge is 0.240 e. The normalized spacial score (nSPS) is 12.7. The number of hydrogen-bond acceptors (Lipinski definition) is 2. The van der Waals surface area contributed by atoms with Crippen LogP contribution < -0.4 is 4.72 Å². The van der Waals surface area contributed by atoms with Gasteiger partial charge in [0.15, 0.2) is 0 Å². The molecule has 0 bridgehead atoms. The van der Waals surface area contributed by atoms with Gasteiger partial charge in [-0.3, -0.25) is 0 Å². The minimum absolute atomic E-state index is 0.0892. The first-order valence-corrected chi connectivity index (χ1v) is 9.54. The van der Waals surface area contributed by atoms with Gasteiger partial charge in [0.05, 0.1) is 4.90 Å². The fourth-order valence-corrected chi connectivity index (χ4v) is 3.94. The van der Waals surface area contributed by atoms with Crippen LogP contribution in [0.5, 0.6) is 0 Å². The van der Waals surface area contributed by atoms with Crippen molar-refractivity contribution in [2.24, 2.45) is 5.41 Å². The molecule has 7 heteroatoms. The van der Waals surface area contributed by atoms with Crippen LogP contribution in [0.4, 0.5) is 0 Å². The smallest absolute Gasteiger partial charge is 0.211 e. The highest BCUT2D eigenvalue weighted by atomic mass is 79.9. The molecule has 3 nitrogen and oxygen atoms in total. The maximum absolute atomic E-state index is 12.2. The van der Waals surface area contributed by atoms with Crippen molar-refractivity contribution in [1.29, 1.82) is 0 Å². The summed E-state index contributed by atoms with van der Waals surface area (Å²) in [7, 11) is -3.59. The van der Waals surface area contributed by atoms with E-state index in [4.69, 9.17) is 23.2 Å². The highest BCUT2D eigenvalue weighted by Gasteiger charge is 2.22. The highest BCUT2D eigenvalue weighted by Crippen LogP contribution is 2.25. The summed E-state index contributed by atoms with van der Waals surface area (Å²) in [6.45, 7) is 4.43. The molecular weight excluding hydrogens is 385 g/mol. The van der Waals surface area contributed by atoms with Crippen molar-refractivity contribution in [3.63, 3.8) is 0 Å². The number of sulfonamides is 1. The van der Waals surface area contributed by atoms with E-state index in [9.17, 15) is 8.42 Å². The van der Waals surface area contributed by atoms with Crippen molar-refractivity contribution in [2.75, 3.05) is 11.9 Å². The Morgan fingerprint density at radius 3 is 2.25 bits per heavy atom. The molecule has 1 aromatic carbocycles. The Balaban J connectivity index is 2.80. The zero-order valence-electron chi connectivity index (χ0n) is 11.4. The Hall–Kier alpha value is 0.190. The molecule has 0 aliphatic heterocycles. The van der Waals surface area contributed by atoms with Crippen LogP contribution >= 0.6 is 39.1 Å². The van der Waals surface area contributed by atoms with Crippen LogP contribution in [0.2, 0.25) is 10.0 Å². The summed E-state index contributed by atoms with van der Waals surface area (Å²) >= 11 is 15.0. The molecule has 1 rings (SSSR count). The lowest BCUT2D eigenvalue weighted by Gasteiger charge is -2.24. The van der Waals surface area contributed by atoms with Gasteiger partial charge in [0.25, 0.3) is 0 Å². The topological polar surface area (TPSA) is 46.2 Å². The van der Waals surface area contributed by atoms with E-state index in [1.54, 1.807) is 0 Å². The van der Waals surface area contributed by atoms with Gasteiger partial charge in [-0.1, -0.05) is 53.0 Å². The SMILES string of the molecule is CC(C)(CCCBr)CNS(=O)(=O)c1cc(Cl)cc(Cl)c1. The molecule has 0 heterocycles. The first-order valence-electron chi connectivity index (χ1n) is 6.18. The van der Waals surface area contributed by atoms with E-state index in [0.717, 1.165) is 18.2 Å². The number of rotatable bonds is 7. The van der Waals surface area contributed by atoms with E-state index < -0.39 is 10.0 Å². The molecule has 0 saturated heterocycles. The van der Waals surface area contributed by atoms with Gasteiger partial charge >= 0.3 is 0 Å². The first-order chi connectivity index (χ1) is 9.16. The van der Waals surface area contributed by atoms with E-state index in [1.165, 1.54) is 18.2 Å². The Morgan fingerprint density at radius 1 is 1.20 bits per heavy atom. The van der Waals surface area contributed by atoms with Gasteiger partial charge in [0.2, 0.25) is 10.0 Å². The third-order valence-electron chi connectivity index (χ3n) is 2.87. The molecule has 20 heavy (non-hydrogen) atoms. The second-order valence-corrected chi connectivity index (χ2v) is 8.82. The predicted octanol–water partition coefficient (Wildman–Crippen LogP) is 4.47. The maximum atomic E-state index is 12.2. The standard InChI is InChI=1S/C13H18BrCl2NO2S/c1-13(2,4-3-5-14)9-17-20(18,19)12-7-10(15)6-11(16)8-12/h6-8,17H,3-5,9H2,1-2H3. The summed E-state index contributed by atoms with van der Waals surface area (Å²) in [5.41, 5.74) is -0.108. The lowest BCUT2D eigenvalue weighted by atomic mass is 9.88. The second kappa shape index (κ2) is 7.45. The van der Waals surface area contributed by atoms with Crippen LogP contribution in [0, 0.1) is 5.41 Å². The summed E-state index contributed by atoms with van der Waals surface area (Å²) in [6.07, 6.45) is 1.93. The first kappa shape index (κ1) is 18.2. The van der Waals surface area contributed by atoms with Crippen molar-refractivity contribution in [2.45, 2.75) is 31.6 Å². The molecule has 1 aromatic rings. The van der Waals surface area contributed by atoms with Crippen molar-refractivity contribution < 1.29 is 8.42 Å². The van der Waals surface area contributed by atoms with E-state index in [2.05, 4.69) is 20.7 Å². The quantitative estimate of drug-likeness (QED) is 0.683. The van der Waals surface area contributed by atoms with Crippen LogP contribution in [-0.2, 0) is 10.0 Å². The van der Waals surface area contributed by atoms with Crippen LogP contribution in [0.3, 0.4) is 0 Å². The van der Waals surface area contributed by atoms with Crippen LogP contribution in [-0.4, -0.2) is 20.3 Å². The van der Waals surface area contributed by atoms with Gasteiger partial charge in [-0.25, -0.2) is 13.1 Å².